The lowest BCUT2D eigenvalue weighted by Gasteiger charge is -2.05. The maximum absolute atomic E-state index is 4.90. The Morgan fingerprint density at radius 1 is 1.06 bits per heavy atom. The molecule has 17 heavy (non-hydrogen) atoms. The smallest absolute Gasteiger partial charge is 0.131 e. The van der Waals surface area contributed by atoms with Gasteiger partial charge in [-0.25, -0.2) is 0 Å². The van der Waals surface area contributed by atoms with Gasteiger partial charge in [0.25, 0.3) is 0 Å². The van der Waals surface area contributed by atoms with Crippen LogP contribution >= 0.6 is 0 Å². The van der Waals surface area contributed by atoms with Gasteiger partial charge in [-0.1, -0.05) is 35.5 Å². The quantitative estimate of drug-likeness (QED) is 0.740. The summed E-state index contributed by atoms with van der Waals surface area (Å²) in [5, 5.41) is 8.30. The molecule has 84 valence electrons. The van der Waals surface area contributed by atoms with Crippen molar-refractivity contribution in [2.45, 2.75) is 6.54 Å². The second-order valence-electron chi connectivity index (χ2n) is 3.93. The molecule has 0 radical (unpaired) electrons. The highest BCUT2D eigenvalue weighted by Gasteiger charge is 1.99. The fourth-order valence-electron chi connectivity index (χ4n) is 1.77. The van der Waals surface area contributed by atoms with E-state index in [2.05, 4.69) is 22.6 Å². The molecular formula is C14H12N2O. The lowest BCUT2D eigenvalue weighted by atomic mass is 10.2. The third-order valence-corrected chi connectivity index (χ3v) is 2.70. The fourth-order valence-corrected chi connectivity index (χ4v) is 1.77. The zero-order valence-corrected chi connectivity index (χ0v) is 9.26. The minimum atomic E-state index is 0.810. The molecule has 0 fully saturated rings. The molecule has 3 nitrogen and oxygen atoms in total. The van der Waals surface area contributed by atoms with Crippen molar-refractivity contribution in [3.8, 4) is 0 Å². The molecule has 1 heterocycles. The minimum absolute atomic E-state index is 0.810. The molecule has 0 unspecified atom stereocenters. The molecular weight excluding hydrogens is 212 g/mol. The molecule has 1 aromatic heterocycles. The van der Waals surface area contributed by atoms with Crippen LogP contribution in [0.4, 0.5) is 5.69 Å². The van der Waals surface area contributed by atoms with Gasteiger partial charge in [0.1, 0.15) is 11.8 Å². The predicted octanol–water partition coefficient (Wildman–Crippen LogP) is 3.44. The van der Waals surface area contributed by atoms with Crippen LogP contribution in [0, 0.1) is 0 Å². The number of nitrogens with one attached hydrogen (secondary N) is 1. The molecule has 0 amide bonds. The highest BCUT2D eigenvalue weighted by molar-refractivity contribution is 5.80. The summed E-state index contributed by atoms with van der Waals surface area (Å²) < 4.78 is 4.90. The van der Waals surface area contributed by atoms with Crippen LogP contribution in [0.3, 0.4) is 0 Å². The molecule has 3 aromatic rings. The molecule has 0 saturated carbocycles. The maximum Gasteiger partial charge on any atom is 0.131 e. The lowest BCUT2D eigenvalue weighted by molar-refractivity contribution is 0.428. The predicted molar refractivity (Wildman–Crippen MR) is 67.8 cm³/mol. The Hall–Kier alpha value is -2.29. The first-order valence-electron chi connectivity index (χ1n) is 5.54. The van der Waals surface area contributed by atoms with Gasteiger partial charge in [0, 0.05) is 17.6 Å². The van der Waals surface area contributed by atoms with Crippen LogP contribution in [0.1, 0.15) is 5.56 Å². The van der Waals surface area contributed by atoms with Gasteiger partial charge in [-0.15, -0.1) is 0 Å². The van der Waals surface area contributed by atoms with Crippen LogP contribution in [0.5, 0.6) is 0 Å². The molecule has 0 saturated heterocycles. The number of rotatable bonds is 3. The van der Waals surface area contributed by atoms with Crippen LogP contribution in [-0.2, 0) is 6.54 Å². The molecule has 0 spiro atoms. The van der Waals surface area contributed by atoms with Gasteiger partial charge >= 0.3 is 0 Å². The zero-order chi connectivity index (χ0) is 11.5. The number of benzene rings is 2. The molecule has 3 heteroatoms. The topological polar surface area (TPSA) is 38.1 Å². The number of hydrogen-bond donors (Lipinski definition) is 1. The number of anilines is 1. The Bertz CT molecular complexity index is 616. The normalized spacial score (nSPS) is 10.6. The van der Waals surface area contributed by atoms with E-state index < -0.39 is 0 Å². The summed E-state index contributed by atoms with van der Waals surface area (Å²) in [5.41, 5.74) is 3.19. The van der Waals surface area contributed by atoms with Crippen LogP contribution in [0.25, 0.3) is 10.9 Å². The first-order chi connectivity index (χ1) is 8.42. The average Bonchev–Trinajstić information content (AvgIpc) is 2.85. The molecule has 1 N–H and O–H groups in total. The number of fused-ring (bicyclic) bond motifs is 1. The SMILES string of the molecule is c1ccc(CNc2ccc3conc3c2)cc1. The third-order valence-electron chi connectivity index (χ3n) is 2.70. The van der Waals surface area contributed by atoms with Crippen molar-refractivity contribution >= 4 is 16.6 Å². The molecule has 0 aliphatic rings. The van der Waals surface area contributed by atoms with E-state index in [4.69, 9.17) is 4.52 Å². The van der Waals surface area contributed by atoms with Crippen molar-refractivity contribution in [2.24, 2.45) is 0 Å². The van der Waals surface area contributed by atoms with E-state index >= 15 is 0 Å². The van der Waals surface area contributed by atoms with Crippen LogP contribution in [0.15, 0.2) is 59.3 Å². The number of hydrogen-bond acceptors (Lipinski definition) is 3. The lowest BCUT2D eigenvalue weighted by Crippen LogP contribution is -1.98. The molecule has 0 aliphatic heterocycles. The van der Waals surface area contributed by atoms with Crippen LogP contribution < -0.4 is 5.32 Å². The average molecular weight is 224 g/mol. The number of nitrogens with zero attached hydrogens (tertiary/aromatic N) is 1. The Balaban J connectivity index is 1.76. The van der Waals surface area contributed by atoms with Gasteiger partial charge in [0.05, 0.1) is 0 Å². The second-order valence-corrected chi connectivity index (χ2v) is 3.93. The van der Waals surface area contributed by atoms with E-state index in [0.29, 0.717) is 0 Å². The summed E-state index contributed by atoms with van der Waals surface area (Å²) in [5.74, 6) is 0. The molecule has 2 aromatic carbocycles. The Labute approximate surface area is 99.1 Å². The van der Waals surface area contributed by atoms with E-state index in [9.17, 15) is 0 Å². The van der Waals surface area contributed by atoms with Crippen LogP contribution in [0.2, 0.25) is 0 Å². The van der Waals surface area contributed by atoms with Crippen molar-refractivity contribution in [1.82, 2.24) is 5.16 Å². The Morgan fingerprint density at radius 3 is 2.82 bits per heavy atom. The van der Waals surface area contributed by atoms with Gasteiger partial charge in [-0.2, -0.15) is 0 Å². The van der Waals surface area contributed by atoms with Gasteiger partial charge in [-0.3, -0.25) is 0 Å². The summed E-state index contributed by atoms with van der Waals surface area (Å²) in [6.07, 6.45) is 1.65. The summed E-state index contributed by atoms with van der Waals surface area (Å²) in [6, 6.07) is 16.3. The van der Waals surface area contributed by atoms with Crippen molar-refractivity contribution in [3.05, 3.63) is 60.4 Å². The summed E-state index contributed by atoms with van der Waals surface area (Å²) in [7, 11) is 0. The first-order valence-corrected chi connectivity index (χ1v) is 5.54. The third kappa shape index (κ3) is 2.13. The molecule has 0 aliphatic carbocycles. The Morgan fingerprint density at radius 2 is 1.94 bits per heavy atom. The Kier molecular flexibility index (Phi) is 2.50. The van der Waals surface area contributed by atoms with E-state index in [1.54, 1.807) is 6.26 Å². The maximum atomic E-state index is 4.90. The largest absolute Gasteiger partial charge is 0.381 e. The highest BCUT2D eigenvalue weighted by Crippen LogP contribution is 2.18. The molecule has 0 atom stereocenters. The zero-order valence-electron chi connectivity index (χ0n) is 9.26. The van der Waals surface area contributed by atoms with Crippen molar-refractivity contribution in [1.29, 1.82) is 0 Å². The summed E-state index contributed by atoms with van der Waals surface area (Å²) >= 11 is 0. The van der Waals surface area contributed by atoms with E-state index in [1.807, 2.05) is 36.4 Å². The standard InChI is InChI=1S/C14H12N2O/c1-2-4-11(5-3-1)9-15-13-7-6-12-10-17-16-14(12)8-13/h1-8,10,15H,9H2. The van der Waals surface area contributed by atoms with Gasteiger partial charge in [0.15, 0.2) is 0 Å². The van der Waals surface area contributed by atoms with Gasteiger partial charge < -0.3 is 9.84 Å². The van der Waals surface area contributed by atoms with E-state index in [-0.39, 0.29) is 0 Å². The second kappa shape index (κ2) is 4.29. The first kappa shape index (κ1) is 9.90. The summed E-state index contributed by atoms with van der Waals surface area (Å²) in [6.45, 7) is 0.810. The minimum Gasteiger partial charge on any atom is -0.381 e. The number of aromatic nitrogens is 1. The fraction of sp³-hybridized carbons (Fsp3) is 0.0714. The monoisotopic (exact) mass is 224 g/mol. The molecule has 0 bridgehead atoms. The highest BCUT2D eigenvalue weighted by atomic mass is 16.5. The van der Waals surface area contributed by atoms with Crippen molar-refractivity contribution in [3.63, 3.8) is 0 Å². The molecule has 3 rings (SSSR count). The van der Waals surface area contributed by atoms with Crippen molar-refractivity contribution in [2.75, 3.05) is 5.32 Å². The van der Waals surface area contributed by atoms with E-state index in [1.165, 1.54) is 5.56 Å². The van der Waals surface area contributed by atoms with Gasteiger partial charge in [0.2, 0.25) is 0 Å². The van der Waals surface area contributed by atoms with Crippen LogP contribution in [-0.4, -0.2) is 5.16 Å². The van der Waals surface area contributed by atoms with Gasteiger partial charge in [-0.05, 0) is 23.8 Å². The van der Waals surface area contributed by atoms with Crippen molar-refractivity contribution < 1.29 is 4.52 Å². The van der Waals surface area contributed by atoms with E-state index in [0.717, 1.165) is 23.1 Å². The summed E-state index contributed by atoms with van der Waals surface area (Å²) in [4.78, 5) is 0.